The molecule has 3 nitrogen and oxygen atoms in total. The van der Waals surface area contributed by atoms with Gasteiger partial charge in [0.25, 0.3) is 0 Å². The Morgan fingerprint density at radius 1 is 1.47 bits per heavy atom. The van der Waals surface area contributed by atoms with Crippen molar-refractivity contribution in [3.05, 3.63) is 0 Å². The molecule has 0 spiro atoms. The first-order chi connectivity index (χ1) is 7.93. The minimum absolute atomic E-state index is 0.0449. The van der Waals surface area contributed by atoms with Crippen LogP contribution >= 0.6 is 0 Å². The highest BCUT2D eigenvalue weighted by Gasteiger charge is 2.47. The molecule has 6 heteroatoms. The summed E-state index contributed by atoms with van der Waals surface area (Å²) in [5, 5.41) is 12.4. The number of methoxy groups -OCH3 is 1. The van der Waals surface area contributed by atoms with Crippen LogP contribution in [0.15, 0.2) is 0 Å². The summed E-state index contributed by atoms with van der Waals surface area (Å²) in [6, 6.07) is 0. The zero-order valence-electron chi connectivity index (χ0n) is 10.0. The summed E-state index contributed by atoms with van der Waals surface area (Å²) >= 11 is 0. The van der Waals surface area contributed by atoms with Crippen molar-refractivity contribution in [1.29, 1.82) is 0 Å². The molecule has 0 aromatic heterocycles. The van der Waals surface area contributed by atoms with Gasteiger partial charge in [-0.2, -0.15) is 13.2 Å². The molecule has 1 saturated carbocycles. The SMILES string of the molecule is COCCNC1(CO)CCCC(C(F)(F)F)C1. The number of aliphatic hydroxyl groups is 1. The highest BCUT2D eigenvalue weighted by Crippen LogP contribution is 2.41. The van der Waals surface area contributed by atoms with Crippen molar-refractivity contribution in [3.8, 4) is 0 Å². The van der Waals surface area contributed by atoms with E-state index in [4.69, 9.17) is 4.74 Å². The van der Waals surface area contributed by atoms with Gasteiger partial charge in [-0.05, 0) is 19.3 Å². The molecule has 1 aliphatic rings. The Kier molecular flexibility index (Phi) is 5.22. The molecule has 1 rings (SSSR count). The van der Waals surface area contributed by atoms with Gasteiger partial charge < -0.3 is 15.2 Å². The van der Waals surface area contributed by atoms with Crippen molar-refractivity contribution in [2.24, 2.45) is 5.92 Å². The number of ether oxygens (including phenoxy) is 1. The van der Waals surface area contributed by atoms with Crippen molar-refractivity contribution < 1.29 is 23.0 Å². The maximum absolute atomic E-state index is 12.7. The molecule has 102 valence electrons. The number of halogens is 3. The van der Waals surface area contributed by atoms with Crippen LogP contribution in [0.4, 0.5) is 13.2 Å². The average molecular weight is 255 g/mol. The monoisotopic (exact) mass is 255 g/mol. The molecule has 17 heavy (non-hydrogen) atoms. The molecule has 2 atom stereocenters. The first-order valence-electron chi connectivity index (χ1n) is 5.85. The van der Waals surface area contributed by atoms with E-state index < -0.39 is 17.6 Å². The van der Waals surface area contributed by atoms with E-state index in [9.17, 15) is 18.3 Å². The summed E-state index contributed by atoms with van der Waals surface area (Å²) < 4.78 is 42.9. The molecule has 1 aliphatic carbocycles. The Balaban J connectivity index is 2.59. The molecular weight excluding hydrogens is 235 g/mol. The zero-order chi connectivity index (χ0) is 12.9. The van der Waals surface area contributed by atoms with Crippen LogP contribution in [-0.4, -0.2) is 43.7 Å². The van der Waals surface area contributed by atoms with E-state index in [2.05, 4.69) is 5.32 Å². The average Bonchev–Trinajstić information content (AvgIpc) is 2.29. The fourth-order valence-corrected chi connectivity index (χ4v) is 2.42. The Bertz CT molecular complexity index is 235. The van der Waals surface area contributed by atoms with Crippen LogP contribution in [0, 0.1) is 5.92 Å². The summed E-state index contributed by atoms with van der Waals surface area (Å²) in [7, 11) is 1.53. The quantitative estimate of drug-likeness (QED) is 0.735. The molecule has 0 aromatic rings. The van der Waals surface area contributed by atoms with E-state index in [-0.39, 0.29) is 19.4 Å². The van der Waals surface area contributed by atoms with E-state index in [1.807, 2.05) is 0 Å². The first kappa shape index (κ1) is 14.7. The van der Waals surface area contributed by atoms with Crippen LogP contribution in [0.5, 0.6) is 0 Å². The maximum Gasteiger partial charge on any atom is 0.391 e. The Labute approximate surface area is 99.3 Å². The lowest BCUT2D eigenvalue weighted by atomic mass is 9.75. The van der Waals surface area contributed by atoms with Gasteiger partial charge in [-0.15, -0.1) is 0 Å². The van der Waals surface area contributed by atoms with Gasteiger partial charge in [0.2, 0.25) is 0 Å². The van der Waals surface area contributed by atoms with Crippen molar-refractivity contribution in [3.63, 3.8) is 0 Å². The van der Waals surface area contributed by atoms with Crippen molar-refractivity contribution in [1.82, 2.24) is 5.32 Å². The molecule has 0 saturated heterocycles. The van der Waals surface area contributed by atoms with Gasteiger partial charge in [-0.1, -0.05) is 6.42 Å². The van der Waals surface area contributed by atoms with Crippen LogP contribution in [-0.2, 0) is 4.74 Å². The van der Waals surface area contributed by atoms with Gasteiger partial charge in [-0.25, -0.2) is 0 Å². The number of alkyl halides is 3. The summed E-state index contributed by atoms with van der Waals surface area (Å²) in [6.45, 7) is 0.628. The number of hydrogen-bond acceptors (Lipinski definition) is 3. The van der Waals surface area contributed by atoms with Crippen LogP contribution in [0.2, 0.25) is 0 Å². The van der Waals surface area contributed by atoms with Gasteiger partial charge in [-0.3, -0.25) is 0 Å². The molecule has 1 fully saturated rings. The Morgan fingerprint density at radius 2 is 2.18 bits per heavy atom. The smallest absolute Gasteiger partial charge is 0.391 e. The third kappa shape index (κ3) is 4.12. The second kappa shape index (κ2) is 6.02. The predicted octanol–water partition coefficient (Wildman–Crippen LogP) is 1.71. The number of hydrogen-bond donors (Lipinski definition) is 2. The molecule has 0 radical (unpaired) electrons. The number of aliphatic hydroxyl groups excluding tert-OH is 1. The van der Waals surface area contributed by atoms with Crippen molar-refractivity contribution >= 4 is 0 Å². The third-order valence-corrected chi connectivity index (χ3v) is 3.42. The van der Waals surface area contributed by atoms with E-state index in [1.54, 1.807) is 0 Å². The highest BCUT2D eigenvalue weighted by molar-refractivity contribution is 4.95. The van der Waals surface area contributed by atoms with E-state index in [0.29, 0.717) is 26.0 Å². The molecule has 0 bridgehead atoms. The second-order valence-corrected chi connectivity index (χ2v) is 4.69. The van der Waals surface area contributed by atoms with E-state index >= 15 is 0 Å². The normalized spacial score (nSPS) is 30.5. The summed E-state index contributed by atoms with van der Waals surface area (Å²) in [6.07, 6.45) is -2.97. The first-order valence-corrected chi connectivity index (χ1v) is 5.85. The predicted molar refractivity (Wildman–Crippen MR) is 57.7 cm³/mol. The largest absolute Gasteiger partial charge is 0.394 e. The van der Waals surface area contributed by atoms with Crippen LogP contribution in [0.1, 0.15) is 25.7 Å². The van der Waals surface area contributed by atoms with E-state index in [1.165, 1.54) is 7.11 Å². The lowest BCUT2D eigenvalue weighted by Gasteiger charge is -2.41. The van der Waals surface area contributed by atoms with E-state index in [0.717, 1.165) is 0 Å². The van der Waals surface area contributed by atoms with Gasteiger partial charge >= 0.3 is 6.18 Å². The van der Waals surface area contributed by atoms with Gasteiger partial charge in [0.05, 0.1) is 19.1 Å². The number of nitrogens with one attached hydrogen (secondary N) is 1. The Morgan fingerprint density at radius 3 is 2.71 bits per heavy atom. The lowest BCUT2D eigenvalue weighted by molar-refractivity contribution is -0.189. The summed E-state index contributed by atoms with van der Waals surface area (Å²) in [5.41, 5.74) is -0.795. The minimum Gasteiger partial charge on any atom is -0.394 e. The minimum atomic E-state index is -4.16. The van der Waals surface area contributed by atoms with Gasteiger partial charge in [0.1, 0.15) is 0 Å². The van der Waals surface area contributed by atoms with Crippen molar-refractivity contribution in [2.45, 2.75) is 37.4 Å². The molecule has 2 N–H and O–H groups in total. The fourth-order valence-electron chi connectivity index (χ4n) is 2.42. The van der Waals surface area contributed by atoms with Crippen LogP contribution in [0.25, 0.3) is 0 Å². The van der Waals surface area contributed by atoms with Gasteiger partial charge in [0, 0.05) is 19.2 Å². The van der Waals surface area contributed by atoms with Crippen LogP contribution in [0.3, 0.4) is 0 Å². The topological polar surface area (TPSA) is 41.5 Å². The molecule has 2 unspecified atom stereocenters. The molecule has 0 aliphatic heterocycles. The fraction of sp³-hybridized carbons (Fsp3) is 1.00. The summed E-state index contributed by atoms with van der Waals surface area (Å²) in [4.78, 5) is 0. The number of rotatable bonds is 5. The standard InChI is InChI=1S/C11H20F3NO2/c1-17-6-5-15-10(8-16)4-2-3-9(7-10)11(12,13)14/h9,15-16H,2-8H2,1H3. The molecule has 0 aromatic carbocycles. The van der Waals surface area contributed by atoms with Crippen molar-refractivity contribution in [2.75, 3.05) is 26.9 Å². The highest BCUT2D eigenvalue weighted by atomic mass is 19.4. The van der Waals surface area contributed by atoms with Crippen LogP contribution < -0.4 is 5.32 Å². The zero-order valence-corrected chi connectivity index (χ0v) is 10.0. The third-order valence-electron chi connectivity index (χ3n) is 3.42. The maximum atomic E-state index is 12.7. The lowest BCUT2D eigenvalue weighted by Crippen LogP contribution is -2.54. The molecular formula is C11H20F3NO2. The second-order valence-electron chi connectivity index (χ2n) is 4.69. The summed E-state index contributed by atoms with van der Waals surface area (Å²) in [5.74, 6) is -1.31. The van der Waals surface area contributed by atoms with Gasteiger partial charge in [0.15, 0.2) is 0 Å². The molecule has 0 heterocycles. The Hall–Kier alpha value is -0.330. The molecule has 0 amide bonds.